The van der Waals surface area contributed by atoms with Crippen molar-refractivity contribution in [3.05, 3.63) is 36.5 Å². The Morgan fingerprint density at radius 1 is 0.244 bits per heavy atom. The highest BCUT2D eigenvalue weighted by molar-refractivity contribution is 5.71. The third-order valence-corrected chi connectivity index (χ3v) is 16.9. The molecule has 6 heteroatoms. The fourth-order valence-corrected chi connectivity index (χ4v) is 11.3. The van der Waals surface area contributed by atoms with Crippen LogP contribution in [0.25, 0.3) is 0 Å². The Balaban J connectivity index is 4.16. The van der Waals surface area contributed by atoms with Gasteiger partial charge in [0.05, 0.1) is 0 Å². The Hall–Kier alpha value is -2.37. The van der Waals surface area contributed by atoms with Crippen molar-refractivity contribution in [3.63, 3.8) is 0 Å². The second kappa shape index (κ2) is 71.1. The van der Waals surface area contributed by atoms with Gasteiger partial charge in [-0.2, -0.15) is 0 Å². The Kier molecular flexibility index (Phi) is 69.1. The van der Waals surface area contributed by atoms with Crippen LogP contribution in [0.4, 0.5) is 0 Å². The molecule has 0 rings (SSSR count). The largest absolute Gasteiger partial charge is 0.462 e. The smallest absolute Gasteiger partial charge is 0.306 e. The molecule has 0 heterocycles. The van der Waals surface area contributed by atoms with Crippen molar-refractivity contribution < 1.29 is 28.6 Å². The molecule has 0 fully saturated rings. The summed E-state index contributed by atoms with van der Waals surface area (Å²) in [4.78, 5) is 38.5. The molecule has 0 aliphatic carbocycles. The van der Waals surface area contributed by atoms with Gasteiger partial charge in [-0.05, 0) is 77.0 Å². The maximum absolute atomic E-state index is 12.9. The van der Waals surface area contributed by atoms with Gasteiger partial charge in [-0.15, -0.1) is 0 Å². The van der Waals surface area contributed by atoms with Crippen molar-refractivity contribution in [2.75, 3.05) is 13.2 Å². The molecule has 1 atom stereocenters. The molecule has 0 radical (unpaired) electrons. The normalized spacial score (nSPS) is 12.2. The minimum atomic E-state index is -0.772. The number of esters is 3. The standard InChI is InChI=1S/C76H142O6/c1-4-7-10-13-16-19-22-25-28-30-32-33-34-35-36-37-38-39-40-41-42-43-45-46-48-51-54-57-60-63-66-69-75(78)81-72-73(71-80-74(77)68-65-62-59-56-53-50-27-24-21-18-15-12-9-6-3)82-76(79)70-67-64-61-58-55-52-49-47-44-31-29-26-23-20-17-14-11-8-5-2/h17,20,26,29-30,32,73H,4-16,18-19,21-25,27-28,31,33-72H2,1-3H3/b20-17-,29-26-,32-30-. The van der Waals surface area contributed by atoms with Crippen LogP contribution in [0.5, 0.6) is 0 Å². The predicted octanol–water partition coefficient (Wildman–Crippen LogP) is 25.5. The maximum atomic E-state index is 12.9. The van der Waals surface area contributed by atoms with Crippen molar-refractivity contribution in [3.8, 4) is 0 Å². The molecule has 0 aliphatic rings. The van der Waals surface area contributed by atoms with Gasteiger partial charge >= 0.3 is 17.9 Å². The SMILES string of the molecule is CCCCC/C=C\C/C=C\CCCCCCCCCCCC(=O)OC(COC(=O)CCCCCCCCCCCCCCCC)COC(=O)CCCCCCCCCCCCCCCCCCCCC/C=C\CCCCCCCCCC. The van der Waals surface area contributed by atoms with Gasteiger partial charge in [-0.25, -0.2) is 0 Å². The average Bonchev–Trinajstić information content (AvgIpc) is 3.47. The highest BCUT2D eigenvalue weighted by Crippen LogP contribution is 2.19. The van der Waals surface area contributed by atoms with Gasteiger partial charge in [0, 0.05) is 19.3 Å². The van der Waals surface area contributed by atoms with E-state index in [1.54, 1.807) is 0 Å². The van der Waals surface area contributed by atoms with Crippen LogP contribution in [0, 0.1) is 0 Å². The number of unbranched alkanes of at least 4 members (excludes halogenated alkanes) is 52. The fourth-order valence-electron chi connectivity index (χ4n) is 11.3. The minimum Gasteiger partial charge on any atom is -0.462 e. The lowest BCUT2D eigenvalue weighted by atomic mass is 10.0. The molecule has 0 saturated carbocycles. The molecule has 0 saturated heterocycles. The number of carbonyl (C=O) groups is 3. The lowest BCUT2D eigenvalue weighted by Crippen LogP contribution is -2.30. The monoisotopic (exact) mass is 1150 g/mol. The molecule has 1 unspecified atom stereocenters. The van der Waals surface area contributed by atoms with Crippen LogP contribution in [-0.4, -0.2) is 37.2 Å². The van der Waals surface area contributed by atoms with E-state index in [9.17, 15) is 14.4 Å². The number of carbonyl (C=O) groups excluding carboxylic acids is 3. The number of hydrogen-bond donors (Lipinski definition) is 0. The first-order chi connectivity index (χ1) is 40.5. The second-order valence-corrected chi connectivity index (χ2v) is 25.2. The van der Waals surface area contributed by atoms with Gasteiger partial charge in [0.25, 0.3) is 0 Å². The molecular weight excluding hydrogens is 1010 g/mol. The van der Waals surface area contributed by atoms with Gasteiger partial charge in [-0.1, -0.05) is 353 Å². The summed E-state index contributed by atoms with van der Waals surface area (Å²) in [6, 6.07) is 0. The molecule has 6 nitrogen and oxygen atoms in total. The predicted molar refractivity (Wildman–Crippen MR) is 358 cm³/mol. The summed E-state index contributed by atoms with van der Waals surface area (Å²) < 4.78 is 17.0. The van der Waals surface area contributed by atoms with Gasteiger partial charge in [0.2, 0.25) is 0 Å². The van der Waals surface area contributed by atoms with Crippen LogP contribution in [0.1, 0.15) is 412 Å². The molecule has 0 amide bonds. The summed E-state index contributed by atoms with van der Waals surface area (Å²) in [6.07, 6.45) is 89.0. The molecule has 0 N–H and O–H groups in total. The van der Waals surface area contributed by atoms with Gasteiger partial charge < -0.3 is 14.2 Å². The van der Waals surface area contributed by atoms with Crippen molar-refractivity contribution in [1.29, 1.82) is 0 Å². The van der Waals surface area contributed by atoms with Gasteiger partial charge in [0.1, 0.15) is 13.2 Å². The molecule has 0 bridgehead atoms. The first-order valence-electron chi connectivity index (χ1n) is 37.0. The summed E-state index contributed by atoms with van der Waals surface area (Å²) >= 11 is 0. The third-order valence-electron chi connectivity index (χ3n) is 16.9. The van der Waals surface area contributed by atoms with E-state index >= 15 is 0 Å². The summed E-state index contributed by atoms with van der Waals surface area (Å²) in [5.41, 5.74) is 0. The minimum absolute atomic E-state index is 0.0679. The van der Waals surface area contributed by atoms with E-state index in [2.05, 4.69) is 57.2 Å². The zero-order valence-corrected chi connectivity index (χ0v) is 55.5. The van der Waals surface area contributed by atoms with Crippen LogP contribution >= 0.6 is 0 Å². The number of rotatable bonds is 69. The highest BCUT2D eigenvalue weighted by atomic mass is 16.6. The third kappa shape index (κ3) is 68.4. The molecule has 482 valence electrons. The Labute approximate surface area is 512 Å². The fraction of sp³-hybridized carbons (Fsp3) is 0.882. The van der Waals surface area contributed by atoms with Crippen molar-refractivity contribution in [2.24, 2.45) is 0 Å². The topological polar surface area (TPSA) is 78.9 Å². The van der Waals surface area contributed by atoms with E-state index in [0.717, 1.165) is 64.2 Å². The number of ether oxygens (including phenoxy) is 3. The van der Waals surface area contributed by atoms with Gasteiger partial charge in [0.15, 0.2) is 6.10 Å². The zero-order valence-electron chi connectivity index (χ0n) is 55.5. The van der Waals surface area contributed by atoms with Crippen LogP contribution < -0.4 is 0 Å². The Morgan fingerprint density at radius 2 is 0.439 bits per heavy atom. The van der Waals surface area contributed by atoms with E-state index in [1.807, 2.05) is 0 Å². The van der Waals surface area contributed by atoms with E-state index in [-0.39, 0.29) is 31.1 Å². The molecule has 82 heavy (non-hydrogen) atoms. The molecule has 0 aromatic rings. The molecule has 0 aromatic carbocycles. The van der Waals surface area contributed by atoms with E-state index in [1.165, 1.54) is 308 Å². The molecular formula is C76H142O6. The second-order valence-electron chi connectivity index (χ2n) is 25.2. The number of allylic oxidation sites excluding steroid dienone is 6. The molecule has 0 aromatic heterocycles. The van der Waals surface area contributed by atoms with Crippen molar-refractivity contribution >= 4 is 17.9 Å². The van der Waals surface area contributed by atoms with Crippen LogP contribution in [0.15, 0.2) is 36.5 Å². The highest BCUT2D eigenvalue weighted by Gasteiger charge is 2.20. The lowest BCUT2D eigenvalue weighted by molar-refractivity contribution is -0.167. The van der Waals surface area contributed by atoms with Crippen molar-refractivity contribution in [1.82, 2.24) is 0 Å². The van der Waals surface area contributed by atoms with E-state index in [4.69, 9.17) is 14.2 Å². The quantitative estimate of drug-likeness (QED) is 0.0261. The summed E-state index contributed by atoms with van der Waals surface area (Å²) in [7, 11) is 0. The number of hydrogen-bond acceptors (Lipinski definition) is 6. The first-order valence-corrected chi connectivity index (χ1v) is 37.0. The van der Waals surface area contributed by atoms with E-state index < -0.39 is 6.10 Å². The average molecular weight is 1150 g/mol. The molecule has 0 aliphatic heterocycles. The van der Waals surface area contributed by atoms with Crippen LogP contribution in [-0.2, 0) is 28.6 Å². The summed E-state index contributed by atoms with van der Waals surface area (Å²) in [5, 5.41) is 0. The zero-order chi connectivity index (χ0) is 59.2. The Morgan fingerprint density at radius 3 is 0.707 bits per heavy atom. The van der Waals surface area contributed by atoms with E-state index in [0.29, 0.717) is 19.3 Å². The van der Waals surface area contributed by atoms with Crippen molar-refractivity contribution in [2.45, 2.75) is 419 Å². The maximum Gasteiger partial charge on any atom is 0.306 e. The van der Waals surface area contributed by atoms with Crippen LogP contribution in [0.3, 0.4) is 0 Å². The first kappa shape index (κ1) is 79.6. The van der Waals surface area contributed by atoms with Gasteiger partial charge in [-0.3, -0.25) is 14.4 Å². The van der Waals surface area contributed by atoms with Crippen LogP contribution in [0.2, 0.25) is 0 Å². The summed E-state index contributed by atoms with van der Waals surface area (Å²) in [5.74, 6) is -0.841. The Bertz CT molecular complexity index is 1370. The lowest BCUT2D eigenvalue weighted by Gasteiger charge is -2.18. The molecule has 0 spiro atoms. The summed E-state index contributed by atoms with van der Waals surface area (Å²) in [6.45, 7) is 6.69.